The molecule has 1 aromatic carbocycles. The first-order valence-corrected chi connectivity index (χ1v) is 6.91. The molecule has 1 atom stereocenters. The summed E-state index contributed by atoms with van der Waals surface area (Å²) in [7, 11) is 1.98. The molecule has 0 bridgehead atoms. The highest BCUT2D eigenvalue weighted by Gasteiger charge is 2.24. The molecule has 1 aliphatic heterocycles. The molecule has 106 valence electrons. The number of nitrogens with one attached hydrogen (secondary N) is 1. The van der Waals surface area contributed by atoms with E-state index in [4.69, 9.17) is 4.74 Å². The van der Waals surface area contributed by atoms with Crippen LogP contribution in [0.25, 0.3) is 11.0 Å². The lowest BCUT2D eigenvalue weighted by molar-refractivity contribution is 0.239. The summed E-state index contributed by atoms with van der Waals surface area (Å²) in [6, 6.07) is 8.18. The zero-order valence-corrected chi connectivity index (χ0v) is 11.7. The molecular formula is C15H15N5O. The molecule has 6 heteroatoms. The number of aromatic nitrogens is 4. The van der Waals surface area contributed by atoms with E-state index in [0.29, 0.717) is 5.95 Å². The van der Waals surface area contributed by atoms with Gasteiger partial charge in [-0.25, -0.2) is 4.98 Å². The Morgan fingerprint density at radius 1 is 1.33 bits per heavy atom. The standard InChI is InChI=1S/C15H15N5O/c1-20(15-16-7-11-8-17-19-14(11)18-15)9-12-6-10-4-2-3-5-13(10)21-12/h2-5,7-8,12H,6,9H2,1H3,(H,16,17,18,19). The molecular weight excluding hydrogens is 266 g/mol. The van der Waals surface area contributed by atoms with E-state index in [-0.39, 0.29) is 6.10 Å². The number of ether oxygens (including phenoxy) is 1. The minimum absolute atomic E-state index is 0.133. The summed E-state index contributed by atoms with van der Waals surface area (Å²) in [5, 5.41) is 7.74. The summed E-state index contributed by atoms with van der Waals surface area (Å²) in [5.74, 6) is 1.66. The summed E-state index contributed by atoms with van der Waals surface area (Å²) in [5.41, 5.74) is 2.02. The van der Waals surface area contributed by atoms with Crippen molar-refractivity contribution in [3.63, 3.8) is 0 Å². The molecule has 6 nitrogen and oxygen atoms in total. The zero-order valence-electron chi connectivity index (χ0n) is 11.7. The maximum absolute atomic E-state index is 5.95. The quantitative estimate of drug-likeness (QED) is 0.793. The maximum Gasteiger partial charge on any atom is 0.227 e. The predicted octanol–water partition coefficient (Wildman–Crippen LogP) is 1.79. The number of para-hydroxylation sites is 1. The summed E-state index contributed by atoms with van der Waals surface area (Å²) in [6.07, 6.45) is 4.55. The number of hydrogen-bond acceptors (Lipinski definition) is 5. The highest BCUT2D eigenvalue weighted by molar-refractivity contribution is 5.73. The number of H-pyrrole nitrogens is 1. The van der Waals surface area contributed by atoms with E-state index in [1.165, 1.54) is 5.56 Å². The highest BCUT2D eigenvalue weighted by Crippen LogP contribution is 2.28. The summed E-state index contributed by atoms with van der Waals surface area (Å²) < 4.78 is 5.95. The molecule has 3 aromatic rings. The van der Waals surface area contributed by atoms with Gasteiger partial charge >= 0.3 is 0 Å². The SMILES string of the molecule is CN(CC1Cc2ccccc2O1)c1ncc2cn[nH]c2n1. The van der Waals surface area contributed by atoms with E-state index in [2.05, 4.69) is 26.2 Å². The van der Waals surface area contributed by atoms with Gasteiger partial charge in [-0.3, -0.25) is 5.10 Å². The Balaban J connectivity index is 1.50. The number of aromatic amines is 1. The van der Waals surface area contributed by atoms with Gasteiger partial charge in [-0.15, -0.1) is 0 Å². The number of benzene rings is 1. The first-order valence-electron chi connectivity index (χ1n) is 6.91. The third-order valence-corrected chi connectivity index (χ3v) is 3.71. The third kappa shape index (κ3) is 2.18. The van der Waals surface area contributed by atoms with Crippen molar-refractivity contribution < 1.29 is 4.74 Å². The Kier molecular flexibility index (Phi) is 2.73. The number of likely N-dealkylation sites (N-methyl/N-ethyl adjacent to an activating group) is 1. The Morgan fingerprint density at radius 2 is 2.24 bits per heavy atom. The maximum atomic E-state index is 5.95. The average Bonchev–Trinajstić information content (AvgIpc) is 3.11. The number of anilines is 1. The lowest BCUT2D eigenvalue weighted by Crippen LogP contribution is -2.33. The van der Waals surface area contributed by atoms with Gasteiger partial charge in [0.05, 0.1) is 18.1 Å². The average molecular weight is 281 g/mol. The van der Waals surface area contributed by atoms with Crippen LogP contribution in [-0.2, 0) is 6.42 Å². The van der Waals surface area contributed by atoms with E-state index < -0.39 is 0 Å². The van der Waals surface area contributed by atoms with Crippen LogP contribution in [0.5, 0.6) is 5.75 Å². The van der Waals surface area contributed by atoms with Crippen LogP contribution < -0.4 is 9.64 Å². The van der Waals surface area contributed by atoms with Crippen molar-refractivity contribution in [2.45, 2.75) is 12.5 Å². The van der Waals surface area contributed by atoms with Gasteiger partial charge in [-0.05, 0) is 11.6 Å². The second-order valence-electron chi connectivity index (χ2n) is 5.28. The minimum atomic E-state index is 0.133. The van der Waals surface area contributed by atoms with Gasteiger partial charge in [0.25, 0.3) is 0 Å². The van der Waals surface area contributed by atoms with E-state index in [9.17, 15) is 0 Å². The molecule has 0 fully saturated rings. The predicted molar refractivity (Wildman–Crippen MR) is 79.5 cm³/mol. The molecule has 0 amide bonds. The zero-order chi connectivity index (χ0) is 14.2. The van der Waals surface area contributed by atoms with Crippen LogP contribution in [0.4, 0.5) is 5.95 Å². The fourth-order valence-electron chi connectivity index (χ4n) is 2.66. The van der Waals surface area contributed by atoms with Gasteiger partial charge in [-0.1, -0.05) is 18.2 Å². The summed E-state index contributed by atoms with van der Waals surface area (Å²) in [6.45, 7) is 0.744. The van der Waals surface area contributed by atoms with Gasteiger partial charge in [0.2, 0.25) is 5.95 Å². The fraction of sp³-hybridized carbons (Fsp3) is 0.267. The largest absolute Gasteiger partial charge is 0.488 e. The van der Waals surface area contributed by atoms with E-state index in [0.717, 1.165) is 29.7 Å². The first-order chi connectivity index (χ1) is 10.3. The molecule has 1 aliphatic rings. The van der Waals surface area contributed by atoms with Crippen molar-refractivity contribution in [1.82, 2.24) is 20.2 Å². The van der Waals surface area contributed by atoms with Crippen molar-refractivity contribution in [2.24, 2.45) is 0 Å². The van der Waals surface area contributed by atoms with Gasteiger partial charge in [0.15, 0.2) is 5.65 Å². The molecule has 0 aliphatic carbocycles. The smallest absolute Gasteiger partial charge is 0.227 e. The van der Waals surface area contributed by atoms with Crippen molar-refractivity contribution >= 4 is 17.0 Å². The Labute approximate surface area is 121 Å². The normalized spacial score (nSPS) is 16.7. The van der Waals surface area contributed by atoms with E-state index >= 15 is 0 Å². The van der Waals surface area contributed by atoms with Gasteiger partial charge < -0.3 is 9.64 Å². The second kappa shape index (κ2) is 4.73. The third-order valence-electron chi connectivity index (χ3n) is 3.71. The van der Waals surface area contributed by atoms with Crippen LogP contribution >= 0.6 is 0 Å². The highest BCUT2D eigenvalue weighted by atomic mass is 16.5. The van der Waals surface area contributed by atoms with Crippen molar-refractivity contribution in [2.75, 3.05) is 18.5 Å². The molecule has 0 saturated carbocycles. The van der Waals surface area contributed by atoms with Gasteiger partial charge in [-0.2, -0.15) is 10.1 Å². The molecule has 21 heavy (non-hydrogen) atoms. The Bertz CT molecular complexity index is 759. The number of nitrogens with zero attached hydrogens (tertiary/aromatic N) is 4. The summed E-state index contributed by atoms with van der Waals surface area (Å²) >= 11 is 0. The molecule has 1 unspecified atom stereocenters. The van der Waals surface area contributed by atoms with Crippen molar-refractivity contribution in [3.05, 3.63) is 42.2 Å². The Hall–Kier alpha value is -2.63. The molecule has 1 N–H and O–H groups in total. The van der Waals surface area contributed by atoms with E-state index in [1.54, 1.807) is 12.4 Å². The first kappa shape index (κ1) is 12.1. The number of fused-ring (bicyclic) bond motifs is 2. The number of hydrogen-bond donors (Lipinski definition) is 1. The fourth-order valence-corrected chi connectivity index (χ4v) is 2.66. The summed E-state index contributed by atoms with van der Waals surface area (Å²) in [4.78, 5) is 10.8. The topological polar surface area (TPSA) is 66.9 Å². The van der Waals surface area contributed by atoms with Crippen LogP contribution in [0.2, 0.25) is 0 Å². The van der Waals surface area contributed by atoms with Gasteiger partial charge in [0.1, 0.15) is 11.9 Å². The van der Waals surface area contributed by atoms with Crippen LogP contribution in [0.1, 0.15) is 5.56 Å². The van der Waals surface area contributed by atoms with Crippen LogP contribution in [-0.4, -0.2) is 39.9 Å². The van der Waals surface area contributed by atoms with Crippen LogP contribution in [0.3, 0.4) is 0 Å². The van der Waals surface area contributed by atoms with Crippen LogP contribution in [0, 0.1) is 0 Å². The second-order valence-corrected chi connectivity index (χ2v) is 5.28. The molecule has 0 saturated heterocycles. The van der Waals surface area contributed by atoms with E-state index in [1.807, 2.05) is 30.1 Å². The molecule has 0 spiro atoms. The van der Waals surface area contributed by atoms with Crippen molar-refractivity contribution in [3.8, 4) is 5.75 Å². The molecule has 0 radical (unpaired) electrons. The number of rotatable bonds is 3. The lowest BCUT2D eigenvalue weighted by Gasteiger charge is -2.20. The lowest BCUT2D eigenvalue weighted by atomic mass is 10.1. The minimum Gasteiger partial charge on any atom is -0.488 e. The monoisotopic (exact) mass is 281 g/mol. The van der Waals surface area contributed by atoms with Gasteiger partial charge in [0, 0.05) is 19.7 Å². The molecule has 3 heterocycles. The molecule has 2 aromatic heterocycles. The van der Waals surface area contributed by atoms with Crippen molar-refractivity contribution in [1.29, 1.82) is 0 Å². The van der Waals surface area contributed by atoms with Crippen LogP contribution in [0.15, 0.2) is 36.7 Å². The Morgan fingerprint density at radius 3 is 3.14 bits per heavy atom. The molecule has 4 rings (SSSR count).